The Labute approximate surface area is 270 Å². The Morgan fingerprint density at radius 3 is 2.00 bits per heavy atom. The molecule has 8 atom stereocenters. The fraction of sp³-hybridized carbons (Fsp3) is 0.514. The second-order valence-corrected chi connectivity index (χ2v) is 11.9. The zero-order valence-electron chi connectivity index (χ0n) is 27.5. The largest absolute Gasteiger partial charge is 0.489 e. The smallest absolute Gasteiger partial charge is 0.344 e. The summed E-state index contributed by atoms with van der Waals surface area (Å²) >= 11 is 0. The number of esters is 3. The van der Waals surface area contributed by atoms with Gasteiger partial charge in [0.25, 0.3) is 12.5 Å². The van der Waals surface area contributed by atoms with Crippen molar-refractivity contribution in [1.82, 2.24) is 0 Å². The molecule has 11 heteroatoms. The minimum atomic E-state index is -0.649. The molecule has 4 rings (SSSR count). The quantitative estimate of drug-likeness (QED) is 0.104. The molecule has 2 saturated heterocycles. The molecule has 0 aromatic carbocycles. The van der Waals surface area contributed by atoms with Gasteiger partial charge in [-0.1, -0.05) is 27.4 Å². The van der Waals surface area contributed by atoms with E-state index in [1.165, 1.54) is 13.8 Å². The molecule has 2 aromatic heterocycles. The summed E-state index contributed by atoms with van der Waals surface area (Å²) in [5.74, 6) is -0.321. The molecule has 0 saturated carbocycles. The first-order valence-electron chi connectivity index (χ1n) is 15.8. The first-order chi connectivity index (χ1) is 22.0. The first-order valence-corrected chi connectivity index (χ1v) is 15.8. The standard InChI is InChI=1S/C35H46N2O9/c1-8-30-22(2)23(3)33(45-30)36-15-11-13-28(19-36)25(5)41-17-9-10-18-42-35(40)29-14-12-16-37(20-29)34-24(4)32(44-27(7)39)31(46-34)21-43-26(6)38/h9-16,19-20,22-24,30-34H,5,8,17-18,21H2,1-4,6-7H3/q+2/b10-9+/t22-,23+,24+,30+,31+,32-,33?,34+/m0/s1. The highest BCUT2D eigenvalue weighted by atomic mass is 16.6. The van der Waals surface area contributed by atoms with E-state index in [2.05, 4.69) is 31.9 Å². The molecule has 0 bridgehead atoms. The van der Waals surface area contributed by atoms with E-state index in [-0.39, 0.29) is 38.1 Å². The Bertz CT molecular complexity index is 1430. The van der Waals surface area contributed by atoms with E-state index in [0.717, 1.165) is 12.0 Å². The van der Waals surface area contributed by atoms with Gasteiger partial charge < -0.3 is 28.4 Å². The van der Waals surface area contributed by atoms with Crippen LogP contribution in [0.15, 0.2) is 67.8 Å². The van der Waals surface area contributed by atoms with Crippen molar-refractivity contribution in [3.05, 3.63) is 78.9 Å². The first kappa shape index (κ1) is 34.8. The molecule has 0 amide bonds. The average molecular weight is 639 g/mol. The summed E-state index contributed by atoms with van der Waals surface area (Å²) in [6, 6.07) is 7.26. The zero-order chi connectivity index (χ0) is 33.4. The Hall–Kier alpha value is -4.09. The molecule has 4 heterocycles. The third kappa shape index (κ3) is 8.58. The number of aromatic nitrogens is 2. The summed E-state index contributed by atoms with van der Waals surface area (Å²) in [4.78, 5) is 35.8. The van der Waals surface area contributed by atoms with Crippen LogP contribution < -0.4 is 9.13 Å². The summed E-state index contributed by atoms with van der Waals surface area (Å²) in [7, 11) is 0. The van der Waals surface area contributed by atoms with Crippen molar-refractivity contribution in [3.8, 4) is 0 Å². The van der Waals surface area contributed by atoms with Crippen molar-refractivity contribution in [3.63, 3.8) is 0 Å². The maximum atomic E-state index is 12.8. The Kier molecular flexibility index (Phi) is 12.1. The Balaban J connectivity index is 1.27. The van der Waals surface area contributed by atoms with Crippen LogP contribution in [0, 0.1) is 17.8 Å². The van der Waals surface area contributed by atoms with Gasteiger partial charge in [-0.3, -0.25) is 9.59 Å². The van der Waals surface area contributed by atoms with Gasteiger partial charge in [0.1, 0.15) is 43.4 Å². The van der Waals surface area contributed by atoms with Crippen molar-refractivity contribution < 1.29 is 51.9 Å². The number of nitrogens with zero attached hydrogens (tertiary/aromatic N) is 2. The van der Waals surface area contributed by atoms with Crippen LogP contribution in [0.1, 0.15) is 76.3 Å². The highest BCUT2D eigenvalue weighted by Gasteiger charge is 2.50. The van der Waals surface area contributed by atoms with Gasteiger partial charge in [0.15, 0.2) is 24.8 Å². The van der Waals surface area contributed by atoms with Crippen LogP contribution in [0.25, 0.3) is 5.76 Å². The van der Waals surface area contributed by atoms with Gasteiger partial charge in [0.05, 0.1) is 23.5 Å². The molecule has 2 aromatic rings. The van der Waals surface area contributed by atoms with Gasteiger partial charge in [-0.25, -0.2) is 4.79 Å². The van der Waals surface area contributed by atoms with Crippen LogP contribution in [0.3, 0.4) is 0 Å². The van der Waals surface area contributed by atoms with Crippen LogP contribution in [0.5, 0.6) is 0 Å². The van der Waals surface area contributed by atoms with Crippen molar-refractivity contribution in [2.75, 3.05) is 19.8 Å². The third-order valence-electron chi connectivity index (χ3n) is 8.60. The summed E-state index contributed by atoms with van der Waals surface area (Å²) in [5, 5.41) is 0. The Morgan fingerprint density at radius 2 is 1.39 bits per heavy atom. The Morgan fingerprint density at radius 1 is 0.804 bits per heavy atom. The number of hydrogen-bond donors (Lipinski definition) is 0. The lowest BCUT2D eigenvalue weighted by Gasteiger charge is -2.19. The lowest BCUT2D eigenvalue weighted by molar-refractivity contribution is -0.765. The molecule has 248 valence electrons. The van der Waals surface area contributed by atoms with Crippen LogP contribution in [-0.2, 0) is 38.0 Å². The lowest BCUT2D eigenvalue weighted by atomic mass is 9.91. The summed E-state index contributed by atoms with van der Waals surface area (Å²) in [6.45, 7) is 15.4. The van der Waals surface area contributed by atoms with Gasteiger partial charge in [0, 0.05) is 26.0 Å². The van der Waals surface area contributed by atoms with Crippen molar-refractivity contribution in [2.45, 2.75) is 78.7 Å². The molecule has 2 aliphatic heterocycles. The maximum absolute atomic E-state index is 12.8. The van der Waals surface area contributed by atoms with Crippen LogP contribution >= 0.6 is 0 Å². The van der Waals surface area contributed by atoms with E-state index in [9.17, 15) is 14.4 Å². The predicted molar refractivity (Wildman–Crippen MR) is 165 cm³/mol. The molecular weight excluding hydrogens is 592 g/mol. The molecule has 0 aliphatic carbocycles. The lowest BCUT2D eigenvalue weighted by Crippen LogP contribution is -2.43. The molecule has 0 radical (unpaired) electrons. The molecule has 1 unspecified atom stereocenters. The maximum Gasteiger partial charge on any atom is 0.344 e. The van der Waals surface area contributed by atoms with E-state index >= 15 is 0 Å². The molecule has 11 nitrogen and oxygen atoms in total. The number of carbonyl (C=O) groups is 3. The minimum Gasteiger partial charge on any atom is -0.489 e. The van der Waals surface area contributed by atoms with Crippen LogP contribution in [0.2, 0.25) is 0 Å². The van der Waals surface area contributed by atoms with E-state index in [0.29, 0.717) is 23.2 Å². The van der Waals surface area contributed by atoms with Crippen molar-refractivity contribution >= 4 is 23.7 Å². The highest BCUT2D eigenvalue weighted by Crippen LogP contribution is 2.37. The summed E-state index contributed by atoms with van der Waals surface area (Å²) in [5.41, 5.74) is 1.18. The second-order valence-electron chi connectivity index (χ2n) is 11.9. The molecule has 46 heavy (non-hydrogen) atoms. The molecule has 2 fully saturated rings. The topological polar surface area (TPSA) is 114 Å². The SMILES string of the molecule is C=C(OC/C=C/COC(=O)c1ccc[n+]([C@@H]2O[C@H](COC(C)=O)[C@@H](OC(C)=O)[C@H]2C)c1)c1ccc[n+](C2O[C@H](CC)[C@@H](C)[C@H]2C)c1. The van der Waals surface area contributed by atoms with Gasteiger partial charge in [0.2, 0.25) is 0 Å². The number of ether oxygens (including phenoxy) is 6. The second kappa shape index (κ2) is 16.0. The van der Waals surface area contributed by atoms with Gasteiger partial charge in [-0.15, -0.1) is 0 Å². The fourth-order valence-electron chi connectivity index (χ4n) is 5.93. The number of hydrogen-bond acceptors (Lipinski definition) is 9. The molecular formula is C35H46N2O9+2. The predicted octanol–water partition coefficient (Wildman–Crippen LogP) is 4.27. The number of rotatable bonds is 13. The number of carbonyl (C=O) groups excluding carboxylic acids is 3. The van der Waals surface area contributed by atoms with E-state index in [1.807, 2.05) is 31.5 Å². The van der Waals surface area contributed by atoms with Gasteiger partial charge in [-0.2, -0.15) is 9.13 Å². The van der Waals surface area contributed by atoms with Gasteiger partial charge >= 0.3 is 17.9 Å². The van der Waals surface area contributed by atoms with Crippen LogP contribution in [-0.4, -0.2) is 56.0 Å². The fourth-order valence-corrected chi connectivity index (χ4v) is 5.93. The monoisotopic (exact) mass is 638 g/mol. The van der Waals surface area contributed by atoms with E-state index < -0.39 is 36.3 Å². The summed E-state index contributed by atoms with van der Waals surface area (Å²) in [6.07, 6.45) is 10.2. The van der Waals surface area contributed by atoms with Gasteiger partial charge in [-0.05, 0) is 43.5 Å². The van der Waals surface area contributed by atoms with E-state index in [4.69, 9.17) is 28.4 Å². The zero-order valence-corrected chi connectivity index (χ0v) is 27.5. The van der Waals surface area contributed by atoms with Crippen LogP contribution in [0.4, 0.5) is 0 Å². The molecule has 0 spiro atoms. The van der Waals surface area contributed by atoms with Crippen molar-refractivity contribution in [1.29, 1.82) is 0 Å². The van der Waals surface area contributed by atoms with E-state index in [1.54, 1.807) is 41.2 Å². The molecule has 2 aliphatic rings. The third-order valence-corrected chi connectivity index (χ3v) is 8.60. The van der Waals surface area contributed by atoms with Crippen molar-refractivity contribution in [2.24, 2.45) is 17.8 Å². The normalized spacial score (nSPS) is 27.3. The number of pyridine rings is 2. The minimum absolute atomic E-state index is 0.0302. The average Bonchev–Trinajstić information content (AvgIpc) is 3.51. The summed E-state index contributed by atoms with van der Waals surface area (Å²) < 4.78 is 38.1. The molecule has 0 N–H and O–H groups in total. The highest BCUT2D eigenvalue weighted by molar-refractivity contribution is 5.88.